The van der Waals surface area contributed by atoms with Crippen molar-refractivity contribution in [1.82, 2.24) is 19.9 Å². The van der Waals surface area contributed by atoms with E-state index in [-0.39, 0.29) is 0 Å². The monoisotopic (exact) mass is 310 g/mol. The van der Waals surface area contributed by atoms with Crippen molar-refractivity contribution in [2.75, 3.05) is 37.6 Å². The van der Waals surface area contributed by atoms with Crippen LogP contribution in [0.25, 0.3) is 11.0 Å². The van der Waals surface area contributed by atoms with Crippen molar-refractivity contribution in [3.05, 3.63) is 18.6 Å². The molecule has 2 aromatic rings. The van der Waals surface area contributed by atoms with E-state index < -0.39 is 0 Å². The van der Waals surface area contributed by atoms with E-state index in [1.165, 1.54) is 12.8 Å². The quantitative estimate of drug-likeness (QED) is 0.876. The number of fused-ring (bicyclic) bond motifs is 1. The van der Waals surface area contributed by atoms with Crippen molar-refractivity contribution in [2.24, 2.45) is 5.41 Å². The molecule has 1 saturated carbocycles. The Balaban J connectivity index is 1.54. The number of unbranched alkanes of at least 4 members (excludes halogenated alkanes) is 1. The molecule has 1 aliphatic heterocycles. The molecule has 1 aliphatic carbocycles. The molecule has 0 radical (unpaired) electrons. The third-order valence-corrected chi connectivity index (χ3v) is 5.12. The van der Waals surface area contributed by atoms with Crippen LogP contribution in [-0.4, -0.2) is 52.6 Å². The largest absolute Gasteiger partial charge is 0.354 e. The molecule has 2 fully saturated rings. The van der Waals surface area contributed by atoms with Crippen LogP contribution < -0.4 is 4.90 Å². The molecule has 1 spiro atoms. The van der Waals surface area contributed by atoms with Gasteiger partial charge < -0.3 is 14.8 Å². The minimum Gasteiger partial charge on any atom is -0.354 e. The zero-order valence-corrected chi connectivity index (χ0v) is 13.3. The minimum absolute atomic E-state index is 0.427. The number of nitriles is 1. The average Bonchev–Trinajstić information content (AvgIpc) is 3.19. The number of aromatic nitrogens is 3. The van der Waals surface area contributed by atoms with Crippen LogP contribution in [-0.2, 0) is 0 Å². The van der Waals surface area contributed by atoms with Gasteiger partial charge in [-0.3, -0.25) is 0 Å². The standard InChI is InChI=1S/C17H22N6/c18-6-1-2-8-22-9-10-23(12-17(11-22)4-5-17)16-14-3-7-19-15(14)20-13-21-16/h3,7,13H,1-2,4-5,8-12H2,(H,19,20,21). The summed E-state index contributed by atoms with van der Waals surface area (Å²) in [7, 11) is 0. The molecule has 23 heavy (non-hydrogen) atoms. The normalized spacial score (nSPS) is 20.6. The summed E-state index contributed by atoms with van der Waals surface area (Å²) in [6.07, 6.45) is 7.83. The zero-order chi connectivity index (χ0) is 15.7. The van der Waals surface area contributed by atoms with Gasteiger partial charge in [0.05, 0.1) is 11.5 Å². The van der Waals surface area contributed by atoms with Crippen LogP contribution in [0.1, 0.15) is 25.7 Å². The topological polar surface area (TPSA) is 71.8 Å². The maximum absolute atomic E-state index is 8.74. The van der Waals surface area contributed by atoms with Crippen LogP contribution in [0.4, 0.5) is 5.82 Å². The van der Waals surface area contributed by atoms with E-state index in [4.69, 9.17) is 5.26 Å². The van der Waals surface area contributed by atoms with E-state index in [1.54, 1.807) is 6.33 Å². The van der Waals surface area contributed by atoms with E-state index >= 15 is 0 Å². The molecule has 0 amide bonds. The van der Waals surface area contributed by atoms with Crippen molar-refractivity contribution >= 4 is 16.9 Å². The molecular formula is C17H22N6. The van der Waals surface area contributed by atoms with Gasteiger partial charge in [0.2, 0.25) is 0 Å². The molecule has 4 rings (SSSR count). The molecular weight excluding hydrogens is 288 g/mol. The summed E-state index contributed by atoms with van der Waals surface area (Å²) in [5.74, 6) is 1.06. The Bertz CT molecular complexity index is 726. The fraction of sp³-hybridized carbons (Fsp3) is 0.588. The summed E-state index contributed by atoms with van der Waals surface area (Å²) in [5.41, 5.74) is 1.34. The lowest BCUT2D eigenvalue weighted by atomic mass is 10.1. The van der Waals surface area contributed by atoms with Gasteiger partial charge in [-0.2, -0.15) is 5.26 Å². The third-order valence-electron chi connectivity index (χ3n) is 5.12. The molecule has 0 unspecified atom stereocenters. The summed E-state index contributed by atoms with van der Waals surface area (Å²) >= 11 is 0. The summed E-state index contributed by atoms with van der Waals surface area (Å²) in [4.78, 5) is 17.0. The van der Waals surface area contributed by atoms with Crippen LogP contribution in [0.3, 0.4) is 0 Å². The number of hydrogen-bond acceptors (Lipinski definition) is 5. The van der Waals surface area contributed by atoms with Gasteiger partial charge >= 0.3 is 0 Å². The third kappa shape index (κ3) is 2.89. The highest BCUT2D eigenvalue weighted by Gasteiger charge is 2.46. The molecule has 120 valence electrons. The van der Waals surface area contributed by atoms with Gasteiger partial charge in [0.25, 0.3) is 0 Å². The fourth-order valence-electron chi connectivity index (χ4n) is 3.71. The van der Waals surface area contributed by atoms with Gasteiger partial charge in [-0.15, -0.1) is 0 Å². The molecule has 2 aromatic heterocycles. The molecule has 0 atom stereocenters. The molecule has 6 heteroatoms. The lowest BCUT2D eigenvalue weighted by Crippen LogP contribution is -2.31. The molecule has 1 N–H and O–H groups in total. The SMILES string of the molecule is N#CCCCN1CCN(c2ncnc3[nH]ccc23)CC2(CC2)C1. The summed E-state index contributed by atoms with van der Waals surface area (Å²) in [6.45, 7) is 5.32. The van der Waals surface area contributed by atoms with E-state index in [0.29, 0.717) is 11.8 Å². The summed E-state index contributed by atoms with van der Waals surface area (Å²) in [6, 6.07) is 4.32. The van der Waals surface area contributed by atoms with E-state index in [2.05, 4.69) is 36.9 Å². The molecule has 2 aliphatic rings. The number of H-pyrrole nitrogens is 1. The number of nitrogens with zero attached hydrogens (tertiary/aromatic N) is 5. The van der Waals surface area contributed by atoms with Crippen molar-refractivity contribution in [2.45, 2.75) is 25.7 Å². The first-order valence-corrected chi connectivity index (χ1v) is 8.42. The number of rotatable bonds is 4. The van der Waals surface area contributed by atoms with Gasteiger partial charge in [0, 0.05) is 44.2 Å². The second-order valence-electron chi connectivity index (χ2n) is 6.90. The minimum atomic E-state index is 0.427. The van der Waals surface area contributed by atoms with E-state index in [1.807, 2.05) is 6.20 Å². The van der Waals surface area contributed by atoms with Crippen LogP contribution in [0.5, 0.6) is 0 Å². The van der Waals surface area contributed by atoms with Crippen molar-refractivity contribution in [1.29, 1.82) is 5.26 Å². The lowest BCUT2D eigenvalue weighted by molar-refractivity contribution is 0.246. The van der Waals surface area contributed by atoms with E-state index in [0.717, 1.165) is 56.0 Å². The molecule has 3 heterocycles. The van der Waals surface area contributed by atoms with Crippen molar-refractivity contribution in [3.63, 3.8) is 0 Å². The van der Waals surface area contributed by atoms with Gasteiger partial charge in [-0.25, -0.2) is 9.97 Å². The highest BCUT2D eigenvalue weighted by Crippen LogP contribution is 2.48. The zero-order valence-electron chi connectivity index (χ0n) is 13.3. The van der Waals surface area contributed by atoms with Gasteiger partial charge in [0.15, 0.2) is 0 Å². The Morgan fingerprint density at radius 1 is 1.26 bits per heavy atom. The smallest absolute Gasteiger partial charge is 0.142 e. The first-order chi connectivity index (χ1) is 11.3. The summed E-state index contributed by atoms with van der Waals surface area (Å²) in [5, 5.41) is 9.86. The van der Waals surface area contributed by atoms with Gasteiger partial charge in [-0.05, 0) is 31.9 Å². The Morgan fingerprint density at radius 3 is 3.00 bits per heavy atom. The second kappa shape index (κ2) is 5.82. The predicted molar refractivity (Wildman–Crippen MR) is 89.1 cm³/mol. The Kier molecular flexibility index (Phi) is 3.66. The predicted octanol–water partition coefficient (Wildman–Crippen LogP) is 2.16. The fourth-order valence-corrected chi connectivity index (χ4v) is 3.71. The average molecular weight is 310 g/mol. The Hall–Kier alpha value is -2.13. The van der Waals surface area contributed by atoms with Crippen LogP contribution in [0.15, 0.2) is 18.6 Å². The number of anilines is 1. The van der Waals surface area contributed by atoms with E-state index in [9.17, 15) is 0 Å². The molecule has 0 aromatic carbocycles. The number of aromatic amines is 1. The van der Waals surface area contributed by atoms with Crippen LogP contribution >= 0.6 is 0 Å². The molecule has 1 saturated heterocycles. The number of nitrogens with one attached hydrogen (secondary N) is 1. The maximum atomic E-state index is 8.74. The van der Waals surface area contributed by atoms with Crippen molar-refractivity contribution < 1.29 is 0 Å². The number of hydrogen-bond donors (Lipinski definition) is 1. The van der Waals surface area contributed by atoms with Crippen LogP contribution in [0, 0.1) is 16.7 Å². The Morgan fingerprint density at radius 2 is 2.17 bits per heavy atom. The highest BCUT2D eigenvalue weighted by atomic mass is 15.3. The second-order valence-corrected chi connectivity index (χ2v) is 6.90. The molecule has 0 bridgehead atoms. The van der Waals surface area contributed by atoms with Crippen LogP contribution in [0.2, 0.25) is 0 Å². The van der Waals surface area contributed by atoms with Crippen molar-refractivity contribution in [3.8, 4) is 6.07 Å². The van der Waals surface area contributed by atoms with Gasteiger partial charge in [-0.1, -0.05) is 0 Å². The van der Waals surface area contributed by atoms with Gasteiger partial charge in [0.1, 0.15) is 17.8 Å². The molecule has 6 nitrogen and oxygen atoms in total. The first-order valence-electron chi connectivity index (χ1n) is 8.42. The lowest BCUT2D eigenvalue weighted by Gasteiger charge is -2.25. The highest BCUT2D eigenvalue weighted by molar-refractivity contribution is 5.87. The first kappa shape index (κ1) is 14.5. The maximum Gasteiger partial charge on any atom is 0.142 e. The summed E-state index contributed by atoms with van der Waals surface area (Å²) < 4.78 is 0. The Labute approximate surface area is 136 Å².